The third-order valence-corrected chi connectivity index (χ3v) is 9.97. The predicted octanol–water partition coefficient (Wildman–Crippen LogP) is 11.2. The van der Waals surface area contributed by atoms with E-state index >= 15 is 0 Å². The molecule has 0 unspecified atom stereocenters. The molecule has 1 aliphatic rings. The van der Waals surface area contributed by atoms with Crippen LogP contribution in [0.2, 0.25) is 0 Å². The molecule has 224 valence electrons. The Balaban J connectivity index is 1.23. The summed E-state index contributed by atoms with van der Waals surface area (Å²) in [6.07, 6.45) is 0. The van der Waals surface area contributed by atoms with Crippen LogP contribution < -0.4 is 0 Å². The van der Waals surface area contributed by atoms with Crippen molar-refractivity contribution in [3.8, 4) is 33.6 Å². The van der Waals surface area contributed by atoms with Crippen LogP contribution in [0.25, 0.3) is 66.6 Å². The highest BCUT2D eigenvalue weighted by atomic mass is 16.3. The number of rotatable bonds is 4. The van der Waals surface area contributed by atoms with E-state index in [4.69, 9.17) is 14.4 Å². The first kappa shape index (κ1) is 26.9. The van der Waals surface area contributed by atoms with Gasteiger partial charge in [-0.3, -0.25) is 0 Å². The van der Waals surface area contributed by atoms with Crippen molar-refractivity contribution in [3.63, 3.8) is 0 Å². The highest BCUT2D eigenvalue weighted by molar-refractivity contribution is 6.05. The van der Waals surface area contributed by atoms with Crippen LogP contribution in [0.1, 0.15) is 22.3 Å². The maximum absolute atomic E-state index is 6.28. The molecule has 0 atom stereocenters. The highest BCUT2D eigenvalue weighted by Crippen LogP contribution is 2.56. The zero-order valence-corrected chi connectivity index (χ0v) is 26.0. The van der Waals surface area contributed by atoms with Gasteiger partial charge >= 0.3 is 0 Å². The minimum Gasteiger partial charge on any atom is -0.456 e. The molecule has 3 heteroatoms. The van der Waals surface area contributed by atoms with Crippen LogP contribution in [0.4, 0.5) is 0 Å². The van der Waals surface area contributed by atoms with E-state index in [0.29, 0.717) is 0 Å². The van der Waals surface area contributed by atoms with Gasteiger partial charge in [0.2, 0.25) is 0 Å². The van der Waals surface area contributed by atoms with Gasteiger partial charge in [-0.25, -0.2) is 9.97 Å². The third kappa shape index (κ3) is 3.82. The lowest BCUT2D eigenvalue weighted by molar-refractivity contribution is 0.668. The normalized spacial score (nSPS) is 13.2. The minimum atomic E-state index is -0.532. The molecule has 0 radical (unpaired) electrons. The summed E-state index contributed by atoms with van der Waals surface area (Å²) in [6.45, 7) is 0. The zero-order valence-electron chi connectivity index (χ0n) is 26.0. The van der Waals surface area contributed by atoms with Gasteiger partial charge in [-0.2, -0.15) is 0 Å². The molecule has 7 aromatic carbocycles. The molecule has 9 aromatic rings. The fourth-order valence-electron chi connectivity index (χ4n) is 7.86. The van der Waals surface area contributed by atoms with Gasteiger partial charge in [-0.05, 0) is 63.7 Å². The van der Waals surface area contributed by atoms with Crippen molar-refractivity contribution in [1.29, 1.82) is 0 Å². The Kier molecular flexibility index (Phi) is 5.79. The lowest BCUT2D eigenvalue weighted by atomic mass is 9.67. The van der Waals surface area contributed by atoms with Crippen LogP contribution in [-0.2, 0) is 5.41 Å². The van der Waals surface area contributed by atoms with Crippen LogP contribution in [0.5, 0.6) is 0 Å². The molecule has 0 amide bonds. The van der Waals surface area contributed by atoms with E-state index < -0.39 is 5.41 Å². The number of benzene rings is 7. The maximum Gasteiger partial charge on any atom is 0.135 e. The topological polar surface area (TPSA) is 38.9 Å². The average Bonchev–Trinajstić information content (AvgIpc) is 3.68. The van der Waals surface area contributed by atoms with Gasteiger partial charge < -0.3 is 4.42 Å². The number of nitrogens with zero attached hydrogens (tertiary/aromatic N) is 2. The minimum absolute atomic E-state index is 0.532. The maximum atomic E-state index is 6.28. The predicted molar refractivity (Wildman–Crippen MR) is 195 cm³/mol. The first-order chi connectivity index (χ1) is 23.8. The molecule has 1 aliphatic carbocycles. The standard InChI is InChI=1S/C45H28N2O/c1-2-12-29(13-3-1)43-44(47-40-20-10-9-19-39(40)46-43)30-22-24-31(25-23-30)45(37-17-7-4-14-33(37)34-15-5-8-18-38(34)45)32-26-27-42-36(28-32)35-16-6-11-21-41(35)48-42/h1-28H. The number of aromatic nitrogens is 2. The Morgan fingerprint density at radius 3 is 1.60 bits per heavy atom. The first-order valence-corrected chi connectivity index (χ1v) is 16.3. The Morgan fingerprint density at radius 1 is 0.396 bits per heavy atom. The highest BCUT2D eigenvalue weighted by Gasteiger charge is 2.46. The molecule has 2 aromatic heterocycles. The van der Waals surface area contributed by atoms with Gasteiger partial charge in [0.15, 0.2) is 0 Å². The fraction of sp³-hybridized carbons (Fsp3) is 0.0222. The quantitative estimate of drug-likeness (QED) is 0.198. The molecule has 3 nitrogen and oxygen atoms in total. The summed E-state index contributed by atoms with van der Waals surface area (Å²) in [5.74, 6) is 0. The van der Waals surface area contributed by atoms with E-state index in [0.717, 1.165) is 55.5 Å². The zero-order chi connectivity index (χ0) is 31.7. The second-order valence-corrected chi connectivity index (χ2v) is 12.5. The fourth-order valence-corrected chi connectivity index (χ4v) is 7.86. The molecule has 0 bridgehead atoms. The van der Waals surface area contributed by atoms with Crippen molar-refractivity contribution in [3.05, 3.63) is 192 Å². The summed E-state index contributed by atoms with van der Waals surface area (Å²) >= 11 is 0. The molecule has 48 heavy (non-hydrogen) atoms. The summed E-state index contributed by atoms with van der Waals surface area (Å²) < 4.78 is 6.28. The van der Waals surface area contributed by atoms with Crippen molar-refractivity contribution >= 4 is 33.0 Å². The molecule has 10 rings (SSSR count). The van der Waals surface area contributed by atoms with Gasteiger partial charge in [-0.15, -0.1) is 0 Å². The molecular weight excluding hydrogens is 585 g/mol. The Bertz CT molecular complexity index is 2630. The molecule has 0 saturated carbocycles. The Labute approximate surface area is 277 Å². The molecule has 0 aliphatic heterocycles. The monoisotopic (exact) mass is 612 g/mol. The third-order valence-electron chi connectivity index (χ3n) is 9.97. The van der Waals surface area contributed by atoms with Crippen molar-refractivity contribution < 1.29 is 4.42 Å². The molecule has 0 N–H and O–H groups in total. The van der Waals surface area contributed by atoms with Crippen molar-refractivity contribution in [2.75, 3.05) is 0 Å². The van der Waals surface area contributed by atoms with Crippen LogP contribution >= 0.6 is 0 Å². The van der Waals surface area contributed by atoms with E-state index in [1.165, 1.54) is 33.4 Å². The lowest BCUT2D eigenvalue weighted by Crippen LogP contribution is -2.28. The van der Waals surface area contributed by atoms with Crippen molar-refractivity contribution in [2.24, 2.45) is 0 Å². The van der Waals surface area contributed by atoms with Crippen LogP contribution in [-0.4, -0.2) is 9.97 Å². The first-order valence-electron chi connectivity index (χ1n) is 16.3. The summed E-state index contributed by atoms with van der Waals surface area (Å²) in [5, 5.41) is 2.25. The van der Waals surface area contributed by atoms with E-state index in [2.05, 4.69) is 127 Å². The van der Waals surface area contributed by atoms with Gasteiger partial charge in [-0.1, -0.05) is 140 Å². The van der Waals surface area contributed by atoms with Crippen molar-refractivity contribution in [1.82, 2.24) is 9.97 Å². The number of hydrogen-bond donors (Lipinski definition) is 0. The molecule has 2 heterocycles. The largest absolute Gasteiger partial charge is 0.456 e. The van der Waals surface area contributed by atoms with Crippen LogP contribution in [0, 0.1) is 0 Å². The summed E-state index contributed by atoms with van der Waals surface area (Å²) in [4.78, 5) is 10.3. The van der Waals surface area contributed by atoms with E-state index in [9.17, 15) is 0 Å². The van der Waals surface area contributed by atoms with Gasteiger partial charge in [0.1, 0.15) is 11.2 Å². The smallest absolute Gasteiger partial charge is 0.135 e. The molecule has 0 fully saturated rings. The van der Waals surface area contributed by atoms with E-state index in [1.54, 1.807) is 0 Å². The Morgan fingerprint density at radius 2 is 0.917 bits per heavy atom. The van der Waals surface area contributed by atoms with Gasteiger partial charge in [0.05, 0.1) is 27.8 Å². The molecule has 0 spiro atoms. The van der Waals surface area contributed by atoms with Gasteiger partial charge in [0, 0.05) is 21.9 Å². The number of para-hydroxylation sites is 3. The van der Waals surface area contributed by atoms with Crippen LogP contribution in [0.3, 0.4) is 0 Å². The summed E-state index contributed by atoms with van der Waals surface area (Å²) in [5.41, 5.74) is 14.4. The average molecular weight is 613 g/mol. The second kappa shape index (κ2) is 10.3. The molecule has 0 saturated heterocycles. The summed E-state index contributed by atoms with van der Waals surface area (Å²) in [7, 11) is 0. The van der Waals surface area contributed by atoms with E-state index in [1.807, 2.05) is 42.5 Å². The van der Waals surface area contributed by atoms with Crippen LogP contribution in [0.15, 0.2) is 174 Å². The SMILES string of the molecule is c1ccc(-c2nc3ccccc3nc2-c2ccc(C3(c4ccc5oc6ccccc6c5c4)c4ccccc4-c4ccccc43)cc2)cc1. The second-order valence-electron chi connectivity index (χ2n) is 12.5. The number of hydrogen-bond acceptors (Lipinski definition) is 3. The number of fused-ring (bicyclic) bond motifs is 7. The van der Waals surface area contributed by atoms with Gasteiger partial charge in [0.25, 0.3) is 0 Å². The van der Waals surface area contributed by atoms with E-state index in [-0.39, 0.29) is 0 Å². The summed E-state index contributed by atoms with van der Waals surface area (Å²) in [6, 6.07) is 60.2. The lowest BCUT2D eigenvalue weighted by Gasteiger charge is -2.34. The number of furan rings is 1. The van der Waals surface area contributed by atoms with Crippen molar-refractivity contribution in [2.45, 2.75) is 5.41 Å². The molecular formula is C45H28N2O. The Hall–Kier alpha value is -6.32.